The molecule has 3 nitrogen and oxygen atoms in total. The lowest BCUT2D eigenvalue weighted by atomic mass is 10.1. The van der Waals surface area contributed by atoms with Gasteiger partial charge in [0.25, 0.3) is 0 Å². The fraction of sp³-hybridized carbons (Fsp3) is 0.273. The summed E-state index contributed by atoms with van der Waals surface area (Å²) in [6, 6.07) is 5.97. The number of nitriles is 1. The summed E-state index contributed by atoms with van der Waals surface area (Å²) in [6.45, 7) is 0.991. The average Bonchev–Trinajstić information content (AvgIpc) is 2.26. The van der Waals surface area contributed by atoms with Crippen molar-refractivity contribution in [1.29, 1.82) is 5.26 Å². The summed E-state index contributed by atoms with van der Waals surface area (Å²) in [6.07, 6.45) is 5.42. The molecule has 2 rings (SSSR count). The standard InChI is InChI=1S/C11H11N3/c12-7-1-4-10-6-5-9-3-2-8-13-11(9)14-10/h1,4-6H,2-3,8H2,(H,13,14)/b4-1+. The van der Waals surface area contributed by atoms with E-state index in [4.69, 9.17) is 5.26 Å². The predicted molar refractivity (Wildman–Crippen MR) is 55.7 cm³/mol. The molecule has 0 spiro atoms. The Bertz CT molecular complexity index is 401. The van der Waals surface area contributed by atoms with E-state index in [1.807, 2.05) is 12.1 Å². The Morgan fingerprint density at radius 1 is 1.50 bits per heavy atom. The number of nitrogens with one attached hydrogen (secondary N) is 1. The van der Waals surface area contributed by atoms with Gasteiger partial charge in [-0.3, -0.25) is 0 Å². The van der Waals surface area contributed by atoms with Crippen LogP contribution in [0.2, 0.25) is 0 Å². The second kappa shape index (κ2) is 3.93. The molecule has 0 aromatic carbocycles. The zero-order valence-corrected chi connectivity index (χ0v) is 7.83. The second-order valence-electron chi connectivity index (χ2n) is 3.24. The molecule has 1 aromatic rings. The lowest BCUT2D eigenvalue weighted by molar-refractivity contribution is 0.817. The number of anilines is 1. The summed E-state index contributed by atoms with van der Waals surface area (Å²) in [5, 5.41) is 11.6. The molecule has 2 heterocycles. The van der Waals surface area contributed by atoms with Gasteiger partial charge in [-0.2, -0.15) is 5.26 Å². The lowest BCUT2D eigenvalue weighted by Crippen LogP contribution is -2.13. The number of hydrogen-bond donors (Lipinski definition) is 1. The zero-order valence-electron chi connectivity index (χ0n) is 7.83. The number of nitrogens with zero attached hydrogens (tertiary/aromatic N) is 2. The van der Waals surface area contributed by atoms with Crippen LogP contribution in [0.15, 0.2) is 18.2 Å². The maximum absolute atomic E-state index is 8.39. The van der Waals surface area contributed by atoms with Gasteiger partial charge in [0.2, 0.25) is 0 Å². The van der Waals surface area contributed by atoms with Crippen LogP contribution in [0.1, 0.15) is 17.7 Å². The molecule has 0 atom stereocenters. The number of aromatic nitrogens is 1. The Morgan fingerprint density at radius 2 is 2.43 bits per heavy atom. The van der Waals surface area contributed by atoms with Crippen LogP contribution in [0, 0.1) is 11.3 Å². The third-order valence-corrected chi connectivity index (χ3v) is 2.24. The van der Waals surface area contributed by atoms with Gasteiger partial charge in [-0.05, 0) is 30.5 Å². The summed E-state index contributed by atoms with van der Waals surface area (Å²) < 4.78 is 0. The van der Waals surface area contributed by atoms with E-state index in [1.165, 1.54) is 18.1 Å². The molecule has 0 bridgehead atoms. The van der Waals surface area contributed by atoms with Crippen molar-refractivity contribution >= 4 is 11.9 Å². The SMILES string of the molecule is N#C/C=C/c1ccc2c(n1)NCCC2. The van der Waals surface area contributed by atoms with Crippen molar-refractivity contribution in [1.82, 2.24) is 4.98 Å². The highest BCUT2D eigenvalue weighted by molar-refractivity contribution is 5.55. The number of fused-ring (bicyclic) bond motifs is 1. The first kappa shape index (κ1) is 8.76. The monoisotopic (exact) mass is 185 g/mol. The van der Waals surface area contributed by atoms with Crippen LogP contribution in [0.25, 0.3) is 6.08 Å². The molecule has 1 aliphatic heterocycles. The van der Waals surface area contributed by atoms with Gasteiger partial charge in [-0.1, -0.05) is 6.07 Å². The summed E-state index contributed by atoms with van der Waals surface area (Å²) in [7, 11) is 0. The molecule has 1 aliphatic rings. The molecule has 0 aliphatic carbocycles. The highest BCUT2D eigenvalue weighted by Crippen LogP contribution is 2.19. The highest BCUT2D eigenvalue weighted by atomic mass is 15.0. The van der Waals surface area contributed by atoms with E-state index < -0.39 is 0 Å². The summed E-state index contributed by atoms with van der Waals surface area (Å²) in [5.74, 6) is 0.969. The summed E-state index contributed by atoms with van der Waals surface area (Å²) >= 11 is 0. The number of pyridine rings is 1. The van der Waals surface area contributed by atoms with Crippen LogP contribution in [0.4, 0.5) is 5.82 Å². The van der Waals surface area contributed by atoms with E-state index in [-0.39, 0.29) is 0 Å². The first-order chi connectivity index (χ1) is 6.90. The third kappa shape index (κ3) is 1.74. The van der Waals surface area contributed by atoms with Crippen molar-refractivity contribution < 1.29 is 0 Å². The Morgan fingerprint density at radius 3 is 3.29 bits per heavy atom. The minimum absolute atomic E-state index is 0.833. The minimum Gasteiger partial charge on any atom is -0.370 e. The topological polar surface area (TPSA) is 48.7 Å². The van der Waals surface area contributed by atoms with Crippen LogP contribution in [-0.2, 0) is 6.42 Å². The maximum Gasteiger partial charge on any atom is 0.129 e. The predicted octanol–water partition coefficient (Wildman–Crippen LogP) is 1.98. The van der Waals surface area contributed by atoms with Gasteiger partial charge in [0.1, 0.15) is 5.82 Å². The van der Waals surface area contributed by atoms with Gasteiger partial charge in [-0.25, -0.2) is 4.98 Å². The maximum atomic E-state index is 8.39. The molecule has 0 unspecified atom stereocenters. The fourth-order valence-corrected chi connectivity index (χ4v) is 1.56. The summed E-state index contributed by atoms with van der Waals surface area (Å²) in [5.41, 5.74) is 2.10. The van der Waals surface area contributed by atoms with E-state index in [1.54, 1.807) is 6.08 Å². The quantitative estimate of drug-likeness (QED) is 0.680. The van der Waals surface area contributed by atoms with Crippen LogP contribution < -0.4 is 5.32 Å². The van der Waals surface area contributed by atoms with E-state index in [2.05, 4.69) is 16.4 Å². The molecule has 0 amide bonds. The van der Waals surface area contributed by atoms with Gasteiger partial charge in [0.15, 0.2) is 0 Å². The molecule has 1 aromatic heterocycles. The molecule has 0 radical (unpaired) electrons. The van der Waals surface area contributed by atoms with E-state index in [0.29, 0.717) is 0 Å². The molecule has 70 valence electrons. The van der Waals surface area contributed by atoms with Crippen molar-refractivity contribution in [3.05, 3.63) is 29.5 Å². The molecule has 0 saturated heterocycles. The van der Waals surface area contributed by atoms with Gasteiger partial charge in [0, 0.05) is 12.6 Å². The van der Waals surface area contributed by atoms with Crippen LogP contribution in [0.3, 0.4) is 0 Å². The molecule has 3 heteroatoms. The molecule has 0 fully saturated rings. The van der Waals surface area contributed by atoms with Crippen LogP contribution >= 0.6 is 0 Å². The second-order valence-corrected chi connectivity index (χ2v) is 3.24. The third-order valence-electron chi connectivity index (χ3n) is 2.24. The van der Waals surface area contributed by atoms with Crippen molar-refractivity contribution in [3.63, 3.8) is 0 Å². The normalized spacial score (nSPS) is 14.5. The van der Waals surface area contributed by atoms with E-state index >= 15 is 0 Å². The first-order valence-corrected chi connectivity index (χ1v) is 4.70. The van der Waals surface area contributed by atoms with Crippen molar-refractivity contribution in [3.8, 4) is 6.07 Å². The lowest BCUT2D eigenvalue weighted by Gasteiger charge is -2.16. The smallest absolute Gasteiger partial charge is 0.129 e. The highest BCUT2D eigenvalue weighted by Gasteiger charge is 2.08. The van der Waals surface area contributed by atoms with Crippen LogP contribution in [0.5, 0.6) is 0 Å². The Balaban J connectivity index is 2.30. The Kier molecular flexibility index (Phi) is 2.46. The van der Waals surface area contributed by atoms with E-state index in [9.17, 15) is 0 Å². The average molecular weight is 185 g/mol. The zero-order chi connectivity index (χ0) is 9.80. The Hall–Kier alpha value is -1.82. The molecular formula is C11H11N3. The van der Waals surface area contributed by atoms with Crippen molar-refractivity contribution in [2.45, 2.75) is 12.8 Å². The molecule has 14 heavy (non-hydrogen) atoms. The number of aryl methyl sites for hydroxylation is 1. The Labute approximate surface area is 83.1 Å². The van der Waals surface area contributed by atoms with Crippen molar-refractivity contribution in [2.75, 3.05) is 11.9 Å². The number of hydrogen-bond acceptors (Lipinski definition) is 3. The van der Waals surface area contributed by atoms with Gasteiger partial charge in [0.05, 0.1) is 11.8 Å². The molecule has 0 saturated carbocycles. The van der Waals surface area contributed by atoms with Crippen LogP contribution in [-0.4, -0.2) is 11.5 Å². The van der Waals surface area contributed by atoms with Gasteiger partial charge >= 0.3 is 0 Å². The first-order valence-electron chi connectivity index (χ1n) is 4.70. The van der Waals surface area contributed by atoms with Gasteiger partial charge < -0.3 is 5.32 Å². The van der Waals surface area contributed by atoms with E-state index in [0.717, 1.165) is 24.5 Å². The largest absolute Gasteiger partial charge is 0.370 e. The number of allylic oxidation sites excluding steroid dienone is 1. The summed E-state index contributed by atoms with van der Waals surface area (Å²) in [4.78, 5) is 4.40. The fourth-order valence-electron chi connectivity index (χ4n) is 1.56. The number of rotatable bonds is 1. The van der Waals surface area contributed by atoms with Gasteiger partial charge in [-0.15, -0.1) is 0 Å². The van der Waals surface area contributed by atoms with Crippen molar-refractivity contribution in [2.24, 2.45) is 0 Å². The molecule has 1 N–H and O–H groups in total. The minimum atomic E-state index is 0.833. The molecular weight excluding hydrogens is 174 g/mol.